The highest BCUT2D eigenvalue weighted by Gasteiger charge is 2.16. The van der Waals surface area contributed by atoms with E-state index in [0.717, 1.165) is 5.56 Å². The predicted molar refractivity (Wildman–Crippen MR) is 81.0 cm³/mol. The van der Waals surface area contributed by atoms with Crippen molar-refractivity contribution >= 4 is 26.0 Å². The second-order valence-electron chi connectivity index (χ2n) is 4.52. The highest BCUT2D eigenvalue weighted by molar-refractivity contribution is 9.10. The molecule has 0 saturated carbocycles. The van der Waals surface area contributed by atoms with Gasteiger partial charge in [0.05, 0.1) is 0 Å². The van der Waals surface area contributed by atoms with Crippen LogP contribution < -0.4 is 9.88 Å². The summed E-state index contributed by atoms with van der Waals surface area (Å²) in [6, 6.07) is 9.06. The van der Waals surface area contributed by atoms with Gasteiger partial charge in [-0.1, -0.05) is 22.0 Å². The van der Waals surface area contributed by atoms with E-state index < -0.39 is 15.8 Å². The first-order valence-corrected chi connectivity index (χ1v) is 8.31. The van der Waals surface area contributed by atoms with E-state index in [1.54, 1.807) is 25.1 Å². The van der Waals surface area contributed by atoms with Crippen LogP contribution in [0.1, 0.15) is 11.1 Å². The lowest BCUT2D eigenvalue weighted by atomic mass is 10.2. The summed E-state index contributed by atoms with van der Waals surface area (Å²) < 4.78 is 42.9. The van der Waals surface area contributed by atoms with Gasteiger partial charge in [-0.05, 0) is 42.8 Å². The van der Waals surface area contributed by atoms with Gasteiger partial charge in [-0.3, -0.25) is 0 Å². The molecule has 0 unspecified atom stereocenters. The van der Waals surface area contributed by atoms with Gasteiger partial charge in [0.2, 0.25) is 10.0 Å². The third-order valence-electron chi connectivity index (χ3n) is 2.80. The molecule has 2 aromatic rings. The van der Waals surface area contributed by atoms with Gasteiger partial charge in [0.15, 0.2) is 0 Å². The Bertz CT molecular complexity index is 778. The van der Waals surface area contributed by atoms with Crippen LogP contribution in [0, 0.1) is 12.7 Å². The molecule has 2 aromatic carbocycles. The van der Waals surface area contributed by atoms with Gasteiger partial charge in [-0.15, -0.1) is 0 Å². The van der Waals surface area contributed by atoms with Gasteiger partial charge in [0.25, 0.3) is 0 Å². The van der Waals surface area contributed by atoms with E-state index in [2.05, 4.69) is 15.9 Å². The van der Waals surface area contributed by atoms with Crippen molar-refractivity contribution in [3.63, 3.8) is 0 Å². The number of hydrogen-bond acceptors (Lipinski definition) is 3. The first kappa shape index (κ1) is 15.9. The minimum atomic E-state index is -3.91. The molecule has 21 heavy (non-hydrogen) atoms. The van der Waals surface area contributed by atoms with E-state index in [0.29, 0.717) is 10.0 Å². The molecule has 0 saturated heterocycles. The van der Waals surface area contributed by atoms with Crippen LogP contribution in [0.15, 0.2) is 45.8 Å². The molecule has 0 aromatic heterocycles. The molecule has 0 spiro atoms. The molecule has 0 radical (unpaired) electrons. The van der Waals surface area contributed by atoms with Crippen LogP contribution in [0.4, 0.5) is 4.39 Å². The van der Waals surface area contributed by atoms with Crippen LogP contribution in [0.5, 0.6) is 5.75 Å². The smallest absolute Gasteiger partial charge is 0.241 e. The van der Waals surface area contributed by atoms with E-state index >= 15 is 0 Å². The number of ether oxygens (including phenoxy) is 1. The molecule has 0 aliphatic rings. The topological polar surface area (TPSA) is 69.4 Å². The Balaban J connectivity index is 2.30. The van der Waals surface area contributed by atoms with Crippen molar-refractivity contribution in [1.29, 1.82) is 0 Å². The lowest BCUT2D eigenvalue weighted by Crippen LogP contribution is -2.14. The zero-order chi connectivity index (χ0) is 15.6. The monoisotopic (exact) mass is 373 g/mol. The van der Waals surface area contributed by atoms with E-state index in [-0.39, 0.29) is 17.3 Å². The summed E-state index contributed by atoms with van der Waals surface area (Å²) in [5, 5.41) is 5.16. The standard InChI is InChI=1S/C14H13BrFNO3S/c1-9-2-5-13(14(6-9)21(17,18)19)20-8-10-7-11(15)3-4-12(10)16/h2-7H,8H2,1H3,(H2,17,18,19). The summed E-state index contributed by atoms with van der Waals surface area (Å²) >= 11 is 3.24. The Labute approximate surface area is 130 Å². The molecular formula is C14H13BrFNO3S. The lowest BCUT2D eigenvalue weighted by molar-refractivity contribution is 0.292. The van der Waals surface area contributed by atoms with Crippen molar-refractivity contribution in [2.75, 3.05) is 0 Å². The van der Waals surface area contributed by atoms with Crippen molar-refractivity contribution in [1.82, 2.24) is 0 Å². The van der Waals surface area contributed by atoms with Crippen LogP contribution >= 0.6 is 15.9 Å². The Hall–Kier alpha value is -1.44. The van der Waals surface area contributed by atoms with E-state index in [1.807, 2.05) is 0 Å². The lowest BCUT2D eigenvalue weighted by Gasteiger charge is -2.11. The summed E-state index contributed by atoms with van der Waals surface area (Å²) in [4.78, 5) is -0.113. The normalized spacial score (nSPS) is 11.4. The highest BCUT2D eigenvalue weighted by atomic mass is 79.9. The van der Waals surface area contributed by atoms with Crippen molar-refractivity contribution in [3.8, 4) is 5.75 Å². The number of halogens is 2. The van der Waals surface area contributed by atoms with Gasteiger partial charge in [-0.25, -0.2) is 17.9 Å². The predicted octanol–water partition coefficient (Wildman–Crippen LogP) is 3.12. The van der Waals surface area contributed by atoms with Crippen molar-refractivity contribution in [2.45, 2.75) is 18.4 Å². The van der Waals surface area contributed by atoms with Crippen LogP contribution in [0.25, 0.3) is 0 Å². The van der Waals surface area contributed by atoms with E-state index in [1.165, 1.54) is 18.2 Å². The fraction of sp³-hybridized carbons (Fsp3) is 0.143. The number of sulfonamides is 1. The number of aryl methyl sites for hydroxylation is 1. The average molecular weight is 374 g/mol. The SMILES string of the molecule is Cc1ccc(OCc2cc(Br)ccc2F)c(S(N)(=O)=O)c1. The summed E-state index contributed by atoms with van der Waals surface area (Å²) in [5.41, 5.74) is 1.05. The minimum Gasteiger partial charge on any atom is -0.487 e. The molecule has 2 rings (SSSR count). The fourth-order valence-corrected chi connectivity index (χ4v) is 2.93. The molecule has 0 fully saturated rings. The summed E-state index contributed by atoms with van der Waals surface area (Å²) in [6.07, 6.45) is 0. The van der Waals surface area contributed by atoms with Crippen molar-refractivity contribution in [3.05, 3.63) is 57.8 Å². The summed E-state index contributed by atoms with van der Waals surface area (Å²) in [5.74, 6) is -0.329. The molecule has 4 nitrogen and oxygen atoms in total. The molecular weight excluding hydrogens is 361 g/mol. The number of hydrogen-bond donors (Lipinski definition) is 1. The third-order valence-corrected chi connectivity index (χ3v) is 4.22. The van der Waals surface area contributed by atoms with Crippen LogP contribution in [0.3, 0.4) is 0 Å². The minimum absolute atomic E-state index is 0.0995. The highest BCUT2D eigenvalue weighted by Crippen LogP contribution is 2.25. The Kier molecular flexibility index (Phi) is 4.65. The molecule has 0 amide bonds. The number of benzene rings is 2. The number of nitrogens with two attached hydrogens (primary N) is 1. The molecule has 0 aliphatic carbocycles. The van der Waals surface area contributed by atoms with Gasteiger partial charge in [-0.2, -0.15) is 0 Å². The molecule has 2 N–H and O–H groups in total. The van der Waals surface area contributed by atoms with Gasteiger partial charge in [0.1, 0.15) is 23.1 Å². The second-order valence-corrected chi connectivity index (χ2v) is 6.97. The maximum atomic E-state index is 13.6. The van der Waals surface area contributed by atoms with Gasteiger partial charge < -0.3 is 4.74 Å². The maximum Gasteiger partial charge on any atom is 0.241 e. The molecule has 0 bridgehead atoms. The molecule has 112 valence electrons. The second kappa shape index (κ2) is 6.13. The van der Waals surface area contributed by atoms with Crippen LogP contribution in [-0.4, -0.2) is 8.42 Å². The van der Waals surface area contributed by atoms with Gasteiger partial charge in [0, 0.05) is 10.0 Å². The van der Waals surface area contributed by atoms with Crippen molar-refractivity contribution < 1.29 is 17.5 Å². The third kappa shape index (κ3) is 4.03. The number of primary sulfonamides is 1. The maximum absolute atomic E-state index is 13.6. The Morgan fingerprint density at radius 1 is 1.24 bits per heavy atom. The molecule has 0 atom stereocenters. The Morgan fingerprint density at radius 3 is 2.62 bits per heavy atom. The first-order valence-electron chi connectivity index (χ1n) is 5.97. The summed E-state index contributed by atoms with van der Waals surface area (Å²) in [7, 11) is -3.91. The van der Waals surface area contributed by atoms with Crippen LogP contribution in [0.2, 0.25) is 0 Å². The van der Waals surface area contributed by atoms with Gasteiger partial charge >= 0.3 is 0 Å². The zero-order valence-corrected chi connectivity index (χ0v) is 13.5. The zero-order valence-electron chi connectivity index (χ0n) is 11.1. The molecule has 0 heterocycles. The van der Waals surface area contributed by atoms with E-state index in [4.69, 9.17) is 9.88 Å². The molecule has 0 aliphatic heterocycles. The first-order chi connectivity index (χ1) is 9.77. The fourth-order valence-electron chi connectivity index (χ4n) is 1.77. The number of rotatable bonds is 4. The quantitative estimate of drug-likeness (QED) is 0.894. The average Bonchev–Trinajstić information content (AvgIpc) is 2.40. The Morgan fingerprint density at radius 2 is 1.95 bits per heavy atom. The molecule has 7 heteroatoms. The summed E-state index contributed by atoms with van der Waals surface area (Å²) in [6.45, 7) is 1.64. The van der Waals surface area contributed by atoms with Crippen LogP contribution in [-0.2, 0) is 16.6 Å². The largest absolute Gasteiger partial charge is 0.487 e. The van der Waals surface area contributed by atoms with E-state index in [9.17, 15) is 12.8 Å². The van der Waals surface area contributed by atoms with Crippen molar-refractivity contribution in [2.24, 2.45) is 5.14 Å².